The molecule has 0 unspecified atom stereocenters. The minimum absolute atomic E-state index is 0.142. The number of hydrogen-bond donors (Lipinski definition) is 1. The van der Waals surface area contributed by atoms with Gasteiger partial charge in [0.15, 0.2) is 11.0 Å². The van der Waals surface area contributed by atoms with Crippen molar-refractivity contribution in [2.75, 3.05) is 11.1 Å². The number of fused-ring (bicyclic) bond motifs is 3. The van der Waals surface area contributed by atoms with E-state index in [1.54, 1.807) is 35.7 Å². The molecule has 3 aromatic heterocycles. The summed E-state index contributed by atoms with van der Waals surface area (Å²) in [5.41, 5.74) is -0.661. The van der Waals surface area contributed by atoms with Crippen LogP contribution >= 0.6 is 23.4 Å². The van der Waals surface area contributed by atoms with Gasteiger partial charge in [0.25, 0.3) is 5.56 Å². The number of thioether (sulfide) groups is 1. The van der Waals surface area contributed by atoms with E-state index < -0.39 is 17.6 Å². The zero-order chi connectivity index (χ0) is 22.3. The molecular weight excluding hydrogens is 457 g/mol. The normalized spacial score (nSPS) is 11.9. The lowest BCUT2D eigenvalue weighted by Crippen LogP contribution is -2.20. The van der Waals surface area contributed by atoms with Gasteiger partial charge in [-0.1, -0.05) is 35.5 Å². The van der Waals surface area contributed by atoms with Gasteiger partial charge in [-0.3, -0.25) is 18.6 Å². The number of aromatic nitrogens is 5. The topological polar surface area (TPSA) is 94.2 Å². The van der Waals surface area contributed by atoms with Gasteiger partial charge in [0, 0.05) is 13.2 Å². The Hall–Kier alpha value is -3.12. The smallest absolute Gasteiger partial charge is 0.309 e. The van der Waals surface area contributed by atoms with Crippen LogP contribution in [0.2, 0.25) is 5.02 Å². The lowest BCUT2D eigenvalue weighted by molar-refractivity contribution is -0.137. The number of pyridine rings is 1. The maximum absolute atomic E-state index is 12.7. The molecule has 0 atom stereocenters. The summed E-state index contributed by atoms with van der Waals surface area (Å²) < 4.78 is 41.1. The van der Waals surface area contributed by atoms with E-state index in [0.717, 1.165) is 11.8 Å². The number of hydrogen-bond acceptors (Lipinski definition) is 6. The zero-order valence-corrected chi connectivity index (χ0v) is 17.2. The van der Waals surface area contributed by atoms with Crippen LogP contribution in [-0.4, -0.2) is 35.8 Å². The predicted molar refractivity (Wildman–Crippen MR) is 109 cm³/mol. The van der Waals surface area contributed by atoms with Gasteiger partial charge in [-0.05, 0) is 18.2 Å². The molecule has 0 fully saturated rings. The number of rotatable bonds is 4. The van der Waals surface area contributed by atoms with Gasteiger partial charge in [-0.2, -0.15) is 13.2 Å². The molecule has 1 N–H and O–H groups in total. The number of nitrogens with zero attached hydrogens (tertiary/aromatic N) is 5. The quantitative estimate of drug-likeness (QED) is 0.461. The molecule has 4 rings (SSSR count). The van der Waals surface area contributed by atoms with Crippen molar-refractivity contribution in [1.29, 1.82) is 0 Å². The summed E-state index contributed by atoms with van der Waals surface area (Å²) in [5.74, 6) is -0.569. The molecular formula is C18H12ClF3N6O2S. The highest BCUT2D eigenvalue weighted by Gasteiger charge is 2.31. The molecule has 0 aliphatic carbocycles. The van der Waals surface area contributed by atoms with Crippen molar-refractivity contribution in [3.8, 4) is 0 Å². The van der Waals surface area contributed by atoms with E-state index in [1.807, 2.05) is 0 Å². The number of amides is 1. The highest BCUT2D eigenvalue weighted by molar-refractivity contribution is 7.99. The Morgan fingerprint density at radius 2 is 2.00 bits per heavy atom. The lowest BCUT2D eigenvalue weighted by atomic mass is 10.2. The highest BCUT2D eigenvalue weighted by Crippen LogP contribution is 2.32. The average Bonchev–Trinajstić information content (AvgIpc) is 3.15. The largest absolute Gasteiger partial charge is 0.417 e. The van der Waals surface area contributed by atoms with Crippen molar-refractivity contribution in [3.63, 3.8) is 0 Å². The molecule has 4 aromatic rings. The molecule has 1 aromatic carbocycles. The molecule has 13 heteroatoms. The molecule has 8 nitrogen and oxygen atoms in total. The van der Waals surface area contributed by atoms with Crippen LogP contribution < -0.4 is 10.9 Å². The number of para-hydroxylation sites is 1. The van der Waals surface area contributed by atoms with Crippen molar-refractivity contribution in [1.82, 2.24) is 24.1 Å². The first-order valence-corrected chi connectivity index (χ1v) is 10.0. The minimum Gasteiger partial charge on any atom is -0.309 e. The molecule has 1 amide bonds. The number of anilines is 1. The van der Waals surface area contributed by atoms with Crippen molar-refractivity contribution < 1.29 is 18.0 Å². The molecule has 0 saturated carbocycles. The Balaban J connectivity index is 1.56. The van der Waals surface area contributed by atoms with Crippen LogP contribution in [0, 0.1) is 0 Å². The Kier molecular flexibility index (Phi) is 5.35. The van der Waals surface area contributed by atoms with Gasteiger partial charge in [-0.15, -0.1) is 10.2 Å². The number of alkyl halides is 3. The third-order valence-corrected chi connectivity index (χ3v) is 5.57. The summed E-state index contributed by atoms with van der Waals surface area (Å²) in [4.78, 5) is 28.3. The summed E-state index contributed by atoms with van der Waals surface area (Å²) in [5, 5.41) is 10.9. The monoisotopic (exact) mass is 468 g/mol. The standard InChI is InChI=1S/C18H12ClF3N6O2S/c1-27-15(30)10-4-2-3-5-12(10)28-16(27)25-26-17(28)31-8-13(29)24-14-11(19)6-9(7-23-14)18(20,21)22/h2-7H,8H2,1H3,(H,23,24,29). The first-order chi connectivity index (χ1) is 14.7. The molecule has 0 aliphatic heterocycles. The maximum atomic E-state index is 12.7. The van der Waals surface area contributed by atoms with E-state index in [0.29, 0.717) is 34.1 Å². The number of carbonyl (C=O) groups excluding carboxylic acids is 1. The maximum Gasteiger partial charge on any atom is 0.417 e. The van der Waals surface area contributed by atoms with Crippen LogP contribution in [0.3, 0.4) is 0 Å². The summed E-state index contributed by atoms with van der Waals surface area (Å²) >= 11 is 6.85. The number of halogens is 4. The zero-order valence-electron chi connectivity index (χ0n) is 15.6. The predicted octanol–water partition coefficient (Wildman–Crippen LogP) is 3.38. The third-order valence-electron chi connectivity index (χ3n) is 4.35. The first kappa shape index (κ1) is 21.1. The van der Waals surface area contributed by atoms with Crippen molar-refractivity contribution in [3.05, 3.63) is 57.5 Å². The molecule has 160 valence electrons. The van der Waals surface area contributed by atoms with Crippen LogP contribution in [0.5, 0.6) is 0 Å². The number of benzene rings is 1. The van der Waals surface area contributed by atoms with Crippen molar-refractivity contribution >= 4 is 51.8 Å². The van der Waals surface area contributed by atoms with Gasteiger partial charge < -0.3 is 5.32 Å². The van der Waals surface area contributed by atoms with Gasteiger partial charge in [0.1, 0.15) is 0 Å². The molecule has 3 heterocycles. The average molecular weight is 469 g/mol. The minimum atomic E-state index is -4.59. The molecule has 0 bridgehead atoms. The van der Waals surface area contributed by atoms with E-state index in [-0.39, 0.29) is 22.2 Å². The number of nitrogens with one attached hydrogen (secondary N) is 1. The van der Waals surface area contributed by atoms with Crippen LogP contribution in [0.1, 0.15) is 5.56 Å². The van der Waals surface area contributed by atoms with Crippen molar-refractivity contribution in [2.24, 2.45) is 7.05 Å². The van der Waals surface area contributed by atoms with E-state index in [1.165, 1.54) is 4.57 Å². The Bertz CT molecular complexity index is 1380. The van der Waals surface area contributed by atoms with Crippen LogP contribution in [0.4, 0.5) is 19.0 Å². The van der Waals surface area contributed by atoms with Gasteiger partial charge >= 0.3 is 6.18 Å². The van der Waals surface area contributed by atoms with Crippen LogP contribution in [-0.2, 0) is 18.0 Å². The van der Waals surface area contributed by atoms with E-state index in [2.05, 4.69) is 20.5 Å². The molecule has 0 saturated heterocycles. The second-order valence-electron chi connectivity index (χ2n) is 6.39. The summed E-state index contributed by atoms with van der Waals surface area (Å²) in [6.07, 6.45) is -4.00. The van der Waals surface area contributed by atoms with Crippen LogP contribution in [0.15, 0.2) is 46.5 Å². The summed E-state index contributed by atoms with van der Waals surface area (Å²) in [7, 11) is 1.57. The second kappa shape index (κ2) is 7.85. The first-order valence-electron chi connectivity index (χ1n) is 8.65. The summed E-state index contributed by atoms with van der Waals surface area (Å²) in [6.45, 7) is 0. The fraction of sp³-hybridized carbons (Fsp3) is 0.167. The van der Waals surface area contributed by atoms with Crippen molar-refractivity contribution in [2.45, 2.75) is 11.3 Å². The van der Waals surface area contributed by atoms with E-state index >= 15 is 0 Å². The second-order valence-corrected chi connectivity index (χ2v) is 7.74. The molecule has 0 aliphatic rings. The molecule has 0 radical (unpaired) electrons. The lowest BCUT2D eigenvalue weighted by Gasteiger charge is -2.10. The summed E-state index contributed by atoms with van der Waals surface area (Å²) in [6, 6.07) is 7.61. The van der Waals surface area contributed by atoms with Crippen LogP contribution in [0.25, 0.3) is 16.7 Å². The highest BCUT2D eigenvalue weighted by atomic mass is 35.5. The number of aryl methyl sites for hydroxylation is 1. The molecule has 0 spiro atoms. The molecule has 31 heavy (non-hydrogen) atoms. The Morgan fingerprint density at radius 3 is 2.71 bits per heavy atom. The third kappa shape index (κ3) is 3.95. The number of carbonyl (C=O) groups is 1. The SMILES string of the molecule is Cn1c(=O)c2ccccc2n2c(SCC(=O)Nc3ncc(C(F)(F)F)cc3Cl)nnc12. The van der Waals surface area contributed by atoms with Gasteiger partial charge in [-0.25, -0.2) is 4.98 Å². The van der Waals surface area contributed by atoms with Gasteiger partial charge in [0.05, 0.1) is 27.2 Å². The Labute approximate surface area is 181 Å². The fourth-order valence-electron chi connectivity index (χ4n) is 2.89. The Morgan fingerprint density at radius 1 is 1.26 bits per heavy atom. The van der Waals surface area contributed by atoms with Gasteiger partial charge in [0.2, 0.25) is 11.7 Å². The van der Waals surface area contributed by atoms with E-state index in [9.17, 15) is 22.8 Å². The van der Waals surface area contributed by atoms with E-state index in [4.69, 9.17) is 11.6 Å². The fourth-order valence-corrected chi connectivity index (χ4v) is 3.84.